The van der Waals surface area contributed by atoms with Gasteiger partial charge in [0.1, 0.15) is 11.9 Å². The molecule has 2 aromatic carbocycles. The standard InChI is InChI=1S/C19H17ClN4O4/c1-13-21-18(24(26)27)12-23(13)11-10-19(25)22-15-7-3-5-9-17(15)28-16-8-4-2-6-14(16)20/h2-9,12H,10-11H2,1H3,(H,22,25). The number of benzene rings is 2. The Bertz CT molecular complexity index is 1020. The van der Waals surface area contributed by atoms with Crippen molar-refractivity contribution in [2.24, 2.45) is 0 Å². The normalized spacial score (nSPS) is 10.5. The zero-order valence-electron chi connectivity index (χ0n) is 15.0. The molecule has 0 unspecified atom stereocenters. The third-order valence-electron chi connectivity index (χ3n) is 3.95. The van der Waals surface area contributed by atoms with Crippen molar-refractivity contribution >= 4 is 29.0 Å². The van der Waals surface area contributed by atoms with Crippen molar-refractivity contribution in [2.75, 3.05) is 5.32 Å². The van der Waals surface area contributed by atoms with E-state index in [2.05, 4.69) is 10.3 Å². The lowest BCUT2D eigenvalue weighted by Gasteiger charge is -2.13. The minimum Gasteiger partial charge on any atom is -0.454 e. The minimum atomic E-state index is -0.564. The quantitative estimate of drug-likeness (QED) is 0.462. The molecule has 1 amide bonds. The number of anilines is 1. The molecule has 0 saturated carbocycles. The number of ether oxygens (including phenoxy) is 1. The molecule has 3 aromatic rings. The highest BCUT2D eigenvalue weighted by Gasteiger charge is 2.16. The summed E-state index contributed by atoms with van der Waals surface area (Å²) in [5.41, 5.74) is 0.501. The summed E-state index contributed by atoms with van der Waals surface area (Å²) in [5.74, 6) is 0.912. The molecule has 0 aliphatic rings. The number of para-hydroxylation sites is 3. The molecule has 28 heavy (non-hydrogen) atoms. The van der Waals surface area contributed by atoms with E-state index >= 15 is 0 Å². The smallest absolute Gasteiger partial charge is 0.381 e. The van der Waals surface area contributed by atoms with Gasteiger partial charge in [-0.3, -0.25) is 4.79 Å². The molecule has 0 bridgehead atoms. The Morgan fingerprint density at radius 2 is 1.89 bits per heavy atom. The van der Waals surface area contributed by atoms with Crippen LogP contribution in [0.3, 0.4) is 0 Å². The molecule has 0 spiro atoms. The lowest BCUT2D eigenvalue weighted by molar-refractivity contribution is -0.389. The largest absolute Gasteiger partial charge is 0.454 e. The van der Waals surface area contributed by atoms with Crippen molar-refractivity contribution in [1.82, 2.24) is 9.55 Å². The second kappa shape index (κ2) is 8.53. The molecule has 0 radical (unpaired) electrons. The number of nitro groups is 1. The van der Waals surface area contributed by atoms with Gasteiger partial charge in [-0.2, -0.15) is 0 Å². The minimum absolute atomic E-state index is 0.120. The first-order chi connectivity index (χ1) is 13.4. The van der Waals surface area contributed by atoms with E-state index in [1.165, 1.54) is 6.20 Å². The topological polar surface area (TPSA) is 99.3 Å². The Hall–Kier alpha value is -3.39. The van der Waals surface area contributed by atoms with E-state index in [4.69, 9.17) is 16.3 Å². The lowest BCUT2D eigenvalue weighted by Crippen LogP contribution is -2.15. The zero-order valence-corrected chi connectivity index (χ0v) is 15.7. The molecule has 1 heterocycles. The van der Waals surface area contributed by atoms with Gasteiger partial charge in [0, 0.05) is 19.9 Å². The highest BCUT2D eigenvalue weighted by molar-refractivity contribution is 6.32. The maximum atomic E-state index is 12.3. The summed E-state index contributed by atoms with van der Waals surface area (Å²) in [5, 5.41) is 14.0. The molecule has 144 valence electrons. The molecule has 1 aromatic heterocycles. The van der Waals surface area contributed by atoms with Crippen LogP contribution < -0.4 is 10.1 Å². The van der Waals surface area contributed by atoms with Crippen LogP contribution in [0.15, 0.2) is 54.7 Å². The number of nitrogens with one attached hydrogen (secondary N) is 1. The van der Waals surface area contributed by atoms with E-state index in [1.807, 2.05) is 0 Å². The Balaban J connectivity index is 1.66. The first-order valence-electron chi connectivity index (χ1n) is 8.43. The highest BCUT2D eigenvalue weighted by Crippen LogP contribution is 2.33. The SMILES string of the molecule is Cc1nc([N+](=O)[O-])cn1CCC(=O)Nc1ccccc1Oc1ccccc1Cl. The molecular formula is C19H17ClN4O4. The van der Waals surface area contributed by atoms with Crippen LogP contribution in [0.1, 0.15) is 12.2 Å². The van der Waals surface area contributed by atoms with Gasteiger partial charge in [0.15, 0.2) is 5.75 Å². The third-order valence-corrected chi connectivity index (χ3v) is 4.26. The molecule has 9 heteroatoms. The van der Waals surface area contributed by atoms with Gasteiger partial charge in [-0.1, -0.05) is 35.9 Å². The average molecular weight is 401 g/mol. The summed E-state index contributed by atoms with van der Waals surface area (Å²) in [7, 11) is 0. The summed E-state index contributed by atoms with van der Waals surface area (Å²) in [6.45, 7) is 1.92. The van der Waals surface area contributed by atoms with Gasteiger partial charge in [0.2, 0.25) is 11.7 Å². The van der Waals surface area contributed by atoms with E-state index in [0.29, 0.717) is 28.0 Å². The number of nitrogens with zero attached hydrogens (tertiary/aromatic N) is 3. The number of halogens is 1. The Morgan fingerprint density at radius 1 is 1.21 bits per heavy atom. The van der Waals surface area contributed by atoms with Gasteiger partial charge >= 0.3 is 5.82 Å². The number of carbonyl (C=O) groups is 1. The molecule has 3 rings (SSSR count). The summed E-state index contributed by atoms with van der Waals surface area (Å²) >= 11 is 6.12. The van der Waals surface area contributed by atoms with Gasteiger partial charge in [-0.25, -0.2) is 0 Å². The summed E-state index contributed by atoms with van der Waals surface area (Å²) in [4.78, 5) is 26.4. The first-order valence-corrected chi connectivity index (χ1v) is 8.81. The number of amides is 1. The maximum Gasteiger partial charge on any atom is 0.381 e. The number of aryl methyl sites for hydroxylation is 2. The van der Waals surface area contributed by atoms with Crippen molar-refractivity contribution in [3.8, 4) is 11.5 Å². The Labute approximate surface area is 165 Å². The van der Waals surface area contributed by atoms with Crippen molar-refractivity contribution in [3.05, 3.63) is 75.7 Å². The predicted molar refractivity (Wildman–Crippen MR) is 105 cm³/mol. The van der Waals surface area contributed by atoms with Crippen molar-refractivity contribution in [2.45, 2.75) is 19.9 Å². The average Bonchev–Trinajstić information content (AvgIpc) is 3.04. The van der Waals surface area contributed by atoms with Crippen LogP contribution in [0.5, 0.6) is 11.5 Å². The number of aromatic nitrogens is 2. The van der Waals surface area contributed by atoms with Crippen molar-refractivity contribution in [3.63, 3.8) is 0 Å². The predicted octanol–water partition coefficient (Wildman–Crippen LogP) is 4.57. The van der Waals surface area contributed by atoms with E-state index < -0.39 is 4.92 Å². The van der Waals surface area contributed by atoms with Crippen LogP contribution in [0, 0.1) is 17.0 Å². The Morgan fingerprint density at radius 3 is 2.57 bits per heavy atom. The maximum absolute atomic E-state index is 12.3. The fourth-order valence-electron chi connectivity index (χ4n) is 2.55. The summed E-state index contributed by atoms with van der Waals surface area (Å²) in [6, 6.07) is 14.1. The monoisotopic (exact) mass is 400 g/mol. The highest BCUT2D eigenvalue weighted by atomic mass is 35.5. The fraction of sp³-hybridized carbons (Fsp3) is 0.158. The van der Waals surface area contributed by atoms with Crippen LogP contribution in [0.2, 0.25) is 5.02 Å². The van der Waals surface area contributed by atoms with Crippen LogP contribution in [0.25, 0.3) is 0 Å². The molecule has 0 aliphatic carbocycles. The van der Waals surface area contributed by atoms with Crippen molar-refractivity contribution in [1.29, 1.82) is 0 Å². The van der Waals surface area contributed by atoms with Gasteiger partial charge in [-0.05, 0) is 34.2 Å². The number of imidazole rings is 1. The molecule has 0 fully saturated rings. The van der Waals surface area contributed by atoms with Gasteiger partial charge in [0.25, 0.3) is 0 Å². The van der Waals surface area contributed by atoms with Crippen molar-refractivity contribution < 1.29 is 14.5 Å². The third kappa shape index (κ3) is 4.66. The van der Waals surface area contributed by atoms with Crippen LogP contribution in [-0.2, 0) is 11.3 Å². The summed E-state index contributed by atoms with van der Waals surface area (Å²) in [6.07, 6.45) is 1.44. The number of rotatable bonds is 7. The van der Waals surface area contributed by atoms with Gasteiger partial charge in [0.05, 0.1) is 10.7 Å². The number of hydrogen-bond acceptors (Lipinski definition) is 5. The summed E-state index contributed by atoms with van der Waals surface area (Å²) < 4.78 is 7.39. The second-order valence-electron chi connectivity index (χ2n) is 5.92. The van der Waals surface area contributed by atoms with Gasteiger partial charge < -0.3 is 24.7 Å². The number of carbonyl (C=O) groups excluding carboxylic acids is 1. The van der Waals surface area contributed by atoms with E-state index in [1.54, 1.807) is 60.0 Å². The van der Waals surface area contributed by atoms with Crippen LogP contribution in [-0.4, -0.2) is 20.4 Å². The van der Waals surface area contributed by atoms with Gasteiger partial charge in [-0.15, -0.1) is 0 Å². The van der Waals surface area contributed by atoms with E-state index in [0.717, 1.165) is 0 Å². The zero-order chi connectivity index (χ0) is 20.1. The molecule has 1 N–H and O–H groups in total. The molecular weight excluding hydrogens is 384 g/mol. The van der Waals surface area contributed by atoms with E-state index in [-0.39, 0.29) is 24.7 Å². The number of hydrogen-bond donors (Lipinski definition) is 1. The Kier molecular flexibility index (Phi) is 5.90. The fourth-order valence-corrected chi connectivity index (χ4v) is 2.72. The second-order valence-corrected chi connectivity index (χ2v) is 6.33. The first kappa shape index (κ1) is 19.4. The van der Waals surface area contributed by atoms with E-state index in [9.17, 15) is 14.9 Å². The molecule has 8 nitrogen and oxygen atoms in total. The molecule has 0 atom stereocenters. The van der Waals surface area contributed by atoms with Crippen LogP contribution in [0.4, 0.5) is 11.5 Å². The lowest BCUT2D eigenvalue weighted by atomic mass is 10.2. The molecule has 0 saturated heterocycles. The molecule has 0 aliphatic heterocycles. The van der Waals surface area contributed by atoms with Crippen LogP contribution >= 0.6 is 11.6 Å².